The number of aromatic nitrogens is 3. The quantitative estimate of drug-likeness (QED) is 0.312. The van der Waals surface area contributed by atoms with E-state index in [4.69, 9.17) is 0 Å². The number of anilines is 1. The van der Waals surface area contributed by atoms with Crippen molar-refractivity contribution in [1.82, 2.24) is 9.78 Å². The second-order valence-corrected chi connectivity index (χ2v) is 9.41. The molecule has 0 atom stereocenters. The molecule has 0 saturated carbocycles. The van der Waals surface area contributed by atoms with E-state index in [9.17, 15) is 14.7 Å². The largest absolute Gasteiger partial charge is 0.858 e. The summed E-state index contributed by atoms with van der Waals surface area (Å²) >= 11 is 0. The van der Waals surface area contributed by atoms with Gasteiger partial charge in [0.05, 0.1) is 17.1 Å². The first-order valence-electron chi connectivity index (χ1n) is 12.3. The molecule has 0 bridgehead atoms. The number of pyridine rings is 1. The van der Waals surface area contributed by atoms with E-state index in [0.717, 1.165) is 27.2 Å². The molecule has 37 heavy (non-hydrogen) atoms. The molecule has 2 aromatic carbocycles. The minimum absolute atomic E-state index is 0.0699. The van der Waals surface area contributed by atoms with Gasteiger partial charge in [0.1, 0.15) is 5.57 Å². The zero-order valence-electron chi connectivity index (χ0n) is 21.6. The molecule has 0 aliphatic carbocycles. The van der Waals surface area contributed by atoms with Crippen LogP contribution in [-0.4, -0.2) is 21.6 Å². The minimum atomic E-state index is -0.535. The lowest BCUT2D eigenvalue weighted by molar-refractivity contribution is -0.577. The van der Waals surface area contributed by atoms with Crippen LogP contribution in [0.15, 0.2) is 67.0 Å². The highest BCUT2D eigenvalue weighted by Gasteiger charge is 2.47. The first kappa shape index (κ1) is 24.2. The van der Waals surface area contributed by atoms with Crippen LogP contribution >= 0.6 is 0 Å². The van der Waals surface area contributed by atoms with Gasteiger partial charge in [0.15, 0.2) is 12.4 Å². The van der Waals surface area contributed by atoms with Gasteiger partial charge < -0.3 is 5.11 Å². The number of aryl methyl sites for hydroxylation is 4. The van der Waals surface area contributed by atoms with Crippen molar-refractivity contribution < 1.29 is 19.3 Å². The van der Waals surface area contributed by atoms with Gasteiger partial charge in [0, 0.05) is 17.2 Å². The van der Waals surface area contributed by atoms with Crippen LogP contribution in [0.25, 0.3) is 17.0 Å². The first-order chi connectivity index (χ1) is 17.7. The Bertz CT molecular complexity index is 1610. The average Bonchev–Trinajstić information content (AvgIpc) is 3.32. The van der Waals surface area contributed by atoms with E-state index < -0.39 is 17.7 Å². The zero-order chi connectivity index (χ0) is 26.4. The van der Waals surface area contributed by atoms with E-state index >= 15 is 0 Å². The Morgan fingerprint density at radius 1 is 0.919 bits per heavy atom. The number of rotatable bonds is 5. The van der Waals surface area contributed by atoms with Crippen molar-refractivity contribution in [2.24, 2.45) is 0 Å². The van der Waals surface area contributed by atoms with Crippen LogP contribution in [0.3, 0.4) is 0 Å². The second-order valence-electron chi connectivity index (χ2n) is 9.41. The average molecular weight is 493 g/mol. The maximum atomic E-state index is 14.0. The lowest BCUT2D eigenvalue weighted by Crippen LogP contribution is -2.39. The van der Waals surface area contributed by atoms with Crippen molar-refractivity contribution in [3.8, 4) is 11.6 Å². The van der Waals surface area contributed by atoms with Crippen molar-refractivity contribution in [3.05, 3.63) is 101 Å². The van der Waals surface area contributed by atoms with Crippen LogP contribution in [0.1, 0.15) is 40.4 Å². The molecule has 186 valence electrons. The second kappa shape index (κ2) is 9.17. The molecule has 0 fully saturated rings. The summed E-state index contributed by atoms with van der Waals surface area (Å²) in [6.07, 6.45) is 3.92. The molecule has 0 N–H and O–H groups in total. The lowest BCUT2D eigenvalue weighted by atomic mass is 10.0. The summed E-state index contributed by atoms with van der Waals surface area (Å²) in [5, 5.41) is 18.6. The third-order valence-electron chi connectivity index (χ3n) is 6.83. The predicted octanol–water partition coefficient (Wildman–Crippen LogP) is 3.97. The number of carbonyl (C=O) groups is 2. The lowest BCUT2D eigenvalue weighted by Gasteiger charge is -2.17. The van der Waals surface area contributed by atoms with Crippen LogP contribution in [0, 0.1) is 27.7 Å². The normalized spacial score (nSPS) is 13.7. The van der Waals surface area contributed by atoms with Gasteiger partial charge in [-0.25, -0.2) is 9.58 Å². The van der Waals surface area contributed by atoms with Crippen molar-refractivity contribution in [2.75, 3.05) is 4.90 Å². The molecule has 7 nitrogen and oxygen atoms in total. The maximum Gasteiger partial charge on any atom is 0.331 e. The van der Waals surface area contributed by atoms with Gasteiger partial charge in [-0.1, -0.05) is 31.2 Å². The predicted molar refractivity (Wildman–Crippen MR) is 140 cm³/mol. The van der Waals surface area contributed by atoms with E-state index in [1.807, 2.05) is 71.0 Å². The van der Waals surface area contributed by atoms with E-state index in [0.29, 0.717) is 23.5 Å². The first-order valence-corrected chi connectivity index (χ1v) is 12.3. The van der Waals surface area contributed by atoms with E-state index in [2.05, 4.69) is 5.10 Å². The van der Waals surface area contributed by atoms with Gasteiger partial charge in [-0.15, -0.1) is 0 Å². The van der Waals surface area contributed by atoms with E-state index in [1.165, 1.54) is 4.68 Å². The molecule has 4 aromatic rings. The molecular formula is C30H28N4O3. The smallest absolute Gasteiger partial charge is 0.331 e. The van der Waals surface area contributed by atoms with Gasteiger partial charge in [-0.2, -0.15) is 9.67 Å². The Labute approximate surface area is 215 Å². The fourth-order valence-corrected chi connectivity index (χ4v) is 4.79. The molecule has 0 radical (unpaired) electrons. The maximum absolute atomic E-state index is 14.0. The monoisotopic (exact) mass is 492 g/mol. The van der Waals surface area contributed by atoms with Gasteiger partial charge >= 0.3 is 5.91 Å². The molecular weight excluding hydrogens is 464 g/mol. The molecule has 1 aliphatic heterocycles. The summed E-state index contributed by atoms with van der Waals surface area (Å²) in [5.41, 5.74) is 5.74. The minimum Gasteiger partial charge on any atom is -0.858 e. The molecule has 3 heterocycles. The topological polar surface area (TPSA) is 82.1 Å². The fourth-order valence-electron chi connectivity index (χ4n) is 4.79. The molecule has 1 aliphatic rings. The number of amides is 2. The number of imide groups is 1. The molecule has 0 spiro atoms. The van der Waals surface area contributed by atoms with E-state index in [-0.39, 0.29) is 16.8 Å². The summed E-state index contributed by atoms with van der Waals surface area (Å²) in [6.45, 7) is 9.61. The third kappa shape index (κ3) is 3.93. The Morgan fingerprint density at radius 2 is 1.65 bits per heavy atom. The highest BCUT2D eigenvalue weighted by molar-refractivity contribution is 6.53. The standard InChI is InChI=1S/C30H28N4O3/c1-6-23-25(29(36)34(31-23)24-14-8-12-20(4)21(24)5)26-27(32-15-9-11-19(3)17-32)30(37)33(28(26)35)22-13-7-10-18(2)16-22/h7-17H,6H2,1-5H3. The highest BCUT2D eigenvalue weighted by Crippen LogP contribution is 2.39. The Morgan fingerprint density at radius 3 is 2.35 bits per heavy atom. The number of carbonyl (C=O) groups excluding carboxylic acids is 2. The van der Waals surface area contributed by atoms with Crippen molar-refractivity contribution in [3.63, 3.8) is 0 Å². The Hall–Kier alpha value is -4.52. The molecule has 2 aromatic heterocycles. The summed E-state index contributed by atoms with van der Waals surface area (Å²) in [6, 6.07) is 16.6. The molecule has 0 saturated heterocycles. The molecule has 7 heteroatoms. The van der Waals surface area contributed by atoms with E-state index in [1.54, 1.807) is 35.2 Å². The van der Waals surface area contributed by atoms with Gasteiger partial charge in [0.25, 0.3) is 11.6 Å². The van der Waals surface area contributed by atoms with Crippen molar-refractivity contribution in [1.29, 1.82) is 0 Å². The Kier molecular flexibility index (Phi) is 5.99. The number of hydrogen-bond acceptors (Lipinski definition) is 4. The van der Waals surface area contributed by atoms with Crippen molar-refractivity contribution in [2.45, 2.75) is 41.0 Å². The van der Waals surface area contributed by atoms with Crippen LogP contribution < -0.4 is 14.6 Å². The highest BCUT2D eigenvalue weighted by atomic mass is 16.3. The van der Waals surface area contributed by atoms with Crippen molar-refractivity contribution >= 4 is 28.8 Å². The van der Waals surface area contributed by atoms with Gasteiger partial charge in [-0.05, 0) is 81.0 Å². The van der Waals surface area contributed by atoms with Gasteiger partial charge in [0.2, 0.25) is 0 Å². The van der Waals surface area contributed by atoms with Crippen LogP contribution in [0.5, 0.6) is 5.88 Å². The summed E-state index contributed by atoms with van der Waals surface area (Å²) in [7, 11) is 0. The summed E-state index contributed by atoms with van der Waals surface area (Å²) < 4.78 is 2.99. The Balaban J connectivity index is 1.80. The fraction of sp³-hybridized carbons (Fsp3) is 0.200. The zero-order valence-corrected chi connectivity index (χ0v) is 21.6. The van der Waals surface area contributed by atoms with Gasteiger partial charge in [-0.3, -0.25) is 9.59 Å². The molecule has 5 rings (SSSR count). The van der Waals surface area contributed by atoms with Crippen LogP contribution in [0.2, 0.25) is 0 Å². The SMILES string of the molecule is CCc1nn(-c2cccc(C)c2C)c([O-])c1C1=C([n+]2cccc(C)c2)C(=O)N(c2cccc(C)c2)C1=O. The number of benzene rings is 2. The summed E-state index contributed by atoms with van der Waals surface area (Å²) in [4.78, 5) is 29.1. The van der Waals surface area contributed by atoms with Crippen LogP contribution in [0.4, 0.5) is 5.69 Å². The molecule has 2 amide bonds. The molecule has 0 unspecified atom stereocenters. The third-order valence-corrected chi connectivity index (χ3v) is 6.83. The number of hydrogen-bond donors (Lipinski definition) is 0. The summed E-state index contributed by atoms with van der Waals surface area (Å²) in [5.74, 6) is -1.44. The number of nitrogens with zero attached hydrogens (tertiary/aromatic N) is 4. The van der Waals surface area contributed by atoms with Crippen LogP contribution in [-0.2, 0) is 16.0 Å².